The summed E-state index contributed by atoms with van der Waals surface area (Å²) in [5, 5.41) is 8.99. The molecule has 0 radical (unpaired) electrons. The van der Waals surface area contributed by atoms with E-state index in [-0.39, 0.29) is 30.9 Å². The smallest absolute Gasteiger partial charge is 0.411 e. The fraction of sp³-hybridized carbons (Fsp3) is 0.462. The van der Waals surface area contributed by atoms with Crippen LogP contribution in [0.3, 0.4) is 0 Å². The van der Waals surface area contributed by atoms with Gasteiger partial charge in [0.1, 0.15) is 17.9 Å². The number of carbonyl (C=O) groups is 1. The summed E-state index contributed by atoms with van der Waals surface area (Å²) in [7, 11) is 0. The molecule has 0 unspecified atom stereocenters. The van der Waals surface area contributed by atoms with E-state index in [1.54, 1.807) is 13.0 Å². The quantitative estimate of drug-likeness (QED) is 0.785. The number of carboxylic acids is 1. The molecule has 1 aromatic rings. The summed E-state index contributed by atoms with van der Waals surface area (Å²) in [6.45, 7) is 0.439. The lowest BCUT2D eigenvalue weighted by atomic mass is 10.1. The van der Waals surface area contributed by atoms with E-state index in [1.807, 2.05) is 0 Å². The maximum Gasteiger partial charge on any atom is 0.411 e. The highest BCUT2D eigenvalue weighted by Crippen LogP contribution is 2.20. The van der Waals surface area contributed by atoms with Crippen molar-refractivity contribution in [2.75, 3.05) is 19.8 Å². The summed E-state index contributed by atoms with van der Waals surface area (Å²) < 4.78 is 45.0. The number of halogens is 3. The SMILES string of the molecule is Cc1ccc(OCCCOCC(F)(F)F)c(C(=O)O)c1. The number of rotatable bonds is 7. The van der Waals surface area contributed by atoms with Gasteiger partial charge in [0.15, 0.2) is 0 Å². The molecule has 1 aromatic carbocycles. The van der Waals surface area contributed by atoms with Gasteiger partial charge in [-0.3, -0.25) is 0 Å². The molecule has 0 aromatic heterocycles. The number of aromatic carboxylic acids is 1. The molecule has 0 amide bonds. The zero-order valence-electron chi connectivity index (χ0n) is 10.9. The highest BCUT2D eigenvalue weighted by Gasteiger charge is 2.27. The Labute approximate surface area is 114 Å². The number of hydrogen-bond donors (Lipinski definition) is 1. The molecule has 1 N–H and O–H groups in total. The van der Waals surface area contributed by atoms with Crippen molar-refractivity contribution in [1.82, 2.24) is 0 Å². The minimum atomic E-state index is -4.34. The maximum atomic E-state index is 11.8. The Morgan fingerprint density at radius 1 is 1.30 bits per heavy atom. The molecule has 0 saturated heterocycles. The third-order valence-corrected chi connectivity index (χ3v) is 2.32. The van der Waals surface area contributed by atoms with Crippen molar-refractivity contribution in [2.24, 2.45) is 0 Å². The van der Waals surface area contributed by atoms with Crippen molar-refractivity contribution in [1.29, 1.82) is 0 Å². The first-order chi connectivity index (χ1) is 9.29. The largest absolute Gasteiger partial charge is 0.493 e. The lowest BCUT2D eigenvalue weighted by Gasteiger charge is -2.10. The van der Waals surface area contributed by atoms with E-state index in [9.17, 15) is 18.0 Å². The molecule has 0 fully saturated rings. The first kappa shape index (κ1) is 16.3. The fourth-order valence-electron chi connectivity index (χ4n) is 1.47. The van der Waals surface area contributed by atoms with Gasteiger partial charge in [0.2, 0.25) is 0 Å². The van der Waals surface area contributed by atoms with Gasteiger partial charge in [-0.15, -0.1) is 0 Å². The standard InChI is InChI=1S/C13H15F3O4/c1-9-3-4-11(10(7-9)12(17)18)20-6-2-5-19-8-13(14,15)16/h3-4,7H,2,5-6,8H2,1H3,(H,17,18). The van der Waals surface area contributed by atoms with Crippen molar-refractivity contribution < 1.29 is 32.5 Å². The summed E-state index contributed by atoms with van der Waals surface area (Å²) in [6, 6.07) is 4.69. The third kappa shape index (κ3) is 5.92. The van der Waals surface area contributed by atoms with E-state index in [1.165, 1.54) is 12.1 Å². The van der Waals surface area contributed by atoms with Crippen molar-refractivity contribution >= 4 is 5.97 Å². The first-order valence-corrected chi connectivity index (χ1v) is 5.91. The Hall–Kier alpha value is -1.76. The molecule has 0 heterocycles. The van der Waals surface area contributed by atoms with Crippen LogP contribution >= 0.6 is 0 Å². The lowest BCUT2D eigenvalue weighted by Crippen LogP contribution is -2.18. The number of aryl methyl sites for hydroxylation is 1. The van der Waals surface area contributed by atoms with E-state index >= 15 is 0 Å². The van der Waals surface area contributed by atoms with Crippen molar-refractivity contribution in [2.45, 2.75) is 19.5 Å². The van der Waals surface area contributed by atoms with Crippen LogP contribution in [0.4, 0.5) is 13.2 Å². The molecular formula is C13H15F3O4. The van der Waals surface area contributed by atoms with E-state index in [2.05, 4.69) is 4.74 Å². The van der Waals surface area contributed by atoms with Crippen LogP contribution in [0.25, 0.3) is 0 Å². The van der Waals surface area contributed by atoms with Gasteiger partial charge in [-0.25, -0.2) is 4.79 Å². The van der Waals surface area contributed by atoms with Crippen LogP contribution in [-0.2, 0) is 4.74 Å². The Morgan fingerprint density at radius 3 is 2.60 bits per heavy atom. The summed E-state index contributed by atoms with van der Waals surface area (Å²) in [6.07, 6.45) is -4.10. The molecule has 0 bridgehead atoms. The number of hydrogen-bond acceptors (Lipinski definition) is 3. The predicted octanol–water partition coefficient (Wildman–Crippen LogP) is 3.04. The molecular weight excluding hydrogens is 277 g/mol. The molecule has 0 atom stereocenters. The Bertz CT molecular complexity index is 457. The van der Waals surface area contributed by atoms with Crippen molar-refractivity contribution in [3.63, 3.8) is 0 Å². The van der Waals surface area contributed by atoms with Crippen LogP contribution in [0.2, 0.25) is 0 Å². The monoisotopic (exact) mass is 292 g/mol. The van der Waals surface area contributed by atoms with Crippen LogP contribution in [0, 0.1) is 6.92 Å². The second-order valence-electron chi connectivity index (χ2n) is 4.17. The molecule has 7 heteroatoms. The topological polar surface area (TPSA) is 55.8 Å². The molecule has 20 heavy (non-hydrogen) atoms. The lowest BCUT2D eigenvalue weighted by molar-refractivity contribution is -0.174. The van der Waals surface area contributed by atoms with Crippen LogP contribution in [-0.4, -0.2) is 37.1 Å². The summed E-state index contributed by atoms with van der Waals surface area (Å²) >= 11 is 0. The van der Waals surface area contributed by atoms with Crippen molar-refractivity contribution in [3.05, 3.63) is 29.3 Å². The normalized spacial score (nSPS) is 11.4. The predicted molar refractivity (Wildman–Crippen MR) is 65.1 cm³/mol. The van der Waals surface area contributed by atoms with Crippen LogP contribution in [0.1, 0.15) is 22.3 Å². The highest BCUT2D eigenvalue weighted by molar-refractivity contribution is 5.91. The van der Waals surface area contributed by atoms with Gasteiger partial charge in [0, 0.05) is 6.42 Å². The average molecular weight is 292 g/mol. The summed E-state index contributed by atoms with van der Waals surface area (Å²) in [5.74, 6) is -0.920. The maximum absolute atomic E-state index is 11.8. The third-order valence-electron chi connectivity index (χ3n) is 2.32. The molecule has 0 aliphatic rings. The molecule has 1 rings (SSSR count). The average Bonchev–Trinajstić information content (AvgIpc) is 2.33. The van der Waals surface area contributed by atoms with Gasteiger partial charge < -0.3 is 14.6 Å². The summed E-state index contributed by atoms with van der Waals surface area (Å²) in [5.41, 5.74) is 0.810. The number of carboxylic acid groups (broad SMARTS) is 1. The fourth-order valence-corrected chi connectivity index (χ4v) is 1.47. The van der Waals surface area contributed by atoms with Crippen LogP contribution < -0.4 is 4.74 Å². The molecule has 0 saturated carbocycles. The number of ether oxygens (including phenoxy) is 2. The second kappa shape index (κ2) is 7.14. The molecule has 4 nitrogen and oxygen atoms in total. The van der Waals surface area contributed by atoms with Crippen molar-refractivity contribution in [3.8, 4) is 5.75 Å². The van der Waals surface area contributed by atoms with Gasteiger partial charge in [0.25, 0.3) is 0 Å². The van der Waals surface area contributed by atoms with Crippen LogP contribution in [0.5, 0.6) is 5.75 Å². The van der Waals surface area contributed by atoms with Gasteiger partial charge in [-0.05, 0) is 19.1 Å². The Balaban J connectivity index is 2.37. The van der Waals surface area contributed by atoms with E-state index in [0.29, 0.717) is 0 Å². The van der Waals surface area contributed by atoms with E-state index < -0.39 is 18.8 Å². The second-order valence-corrected chi connectivity index (χ2v) is 4.17. The summed E-state index contributed by atoms with van der Waals surface area (Å²) in [4.78, 5) is 11.0. The van der Waals surface area contributed by atoms with Crippen LogP contribution in [0.15, 0.2) is 18.2 Å². The van der Waals surface area contributed by atoms with E-state index in [4.69, 9.17) is 9.84 Å². The highest BCUT2D eigenvalue weighted by atomic mass is 19.4. The first-order valence-electron chi connectivity index (χ1n) is 5.91. The van der Waals surface area contributed by atoms with Gasteiger partial charge in [-0.1, -0.05) is 11.6 Å². The number of alkyl halides is 3. The number of benzene rings is 1. The Morgan fingerprint density at radius 2 is 2.00 bits per heavy atom. The molecule has 0 aliphatic heterocycles. The minimum Gasteiger partial charge on any atom is -0.493 e. The van der Waals surface area contributed by atoms with Gasteiger partial charge >= 0.3 is 12.1 Å². The molecule has 0 spiro atoms. The molecule has 112 valence electrons. The zero-order valence-corrected chi connectivity index (χ0v) is 10.9. The van der Waals surface area contributed by atoms with Gasteiger partial charge in [0.05, 0.1) is 13.2 Å². The Kier molecular flexibility index (Phi) is 5.82. The zero-order chi connectivity index (χ0) is 15.2. The van der Waals surface area contributed by atoms with E-state index in [0.717, 1.165) is 5.56 Å². The van der Waals surface area contributed by atoms with Gasteiger partial charge in [-0.2, -0.15) is 13.2 Å². The minimum absolute atomic E-state index is 0.0289. The molecule has 0 aliphatic carbocycles.